The van der Waals surface area contributed by atoms with Crippen LogP contribution in [0.3, 0.4) is 0 Å². The third-order valence-corrected chi connectivity index (χ3v) is 2.81. The summed E-state index contributed by atoms with van der Waals surface area (Å²) in [7, 11) is 0. The minimum absolute atomic E-state index is 0.0497. The van der Waals surface area contributed by atoms with E-state index < -0.39 is 17.5 Å². The molecular weight excluding hydrogens is 247 g/mol. The van der Waals surface area contributed by atoms with Crippen LogP contribution in [-0.2, 0) is 0 Å². The zero-order valence-corrected chi connectivity index (χ0v) is 9.08. The Kier molecular flexibility index (Phi) is 2.55. The van der Waals surface area contributed by atoms with E-state index in [4.69, 9.17) is 4.52 Å². The highest BCUT2D eigenvalue weighted by Gasteiger charge is 2.25. The van der Waals surface area contributed by atoms with Gasteiger partial charge >= 0.3 is 0 Å². The van der Waals surface area contributed by atoms with Crippen LogP contribution in [0.2, 0.25) is 0 Å². The van der Waals surface area contributed by atoms with E-state index in [1.807, 2.05) is 0 Å². The molecule has 3 rings (SSSR count). The van der Waals surface area contributed by atoms with Gasteiger partial charge in [0.05, 0.1) is 5.92 Å². The van der Waals surface area contributed by atoms with Crippen LogP contribution in [-0.4, -0.2) is 23.2 Å². The fourth-order valence-corrected chi connectivity index (χ4v) is 1.67. The molecule has 18 heavy (non-hydrogen) atoms. The van der Waals surface area contributed by atoms with E-state index in [2.05, 4.69) is 15.5 Å². The van der Waals surface area contributed by atoms with Gasteiger partial charge in [-0.15, -0.1) is 0 Å². The first-order chi connectivity index (χ1) is 8.65. The lowest BCUT2D eigenvalue weighted by Gasteiger charge is -2.22. The number of rotatable bonds is 2. The highest BCUT2D eigenvalue weighted by molar-refractivity contribution is 5.54. The number of nitrogens with zero attached hydrogens (tertiary/aromatic N) is 2. The van der Waals surface area contributed by atoms with Gasteiger partial charge in [0.25, 0.3) is 0 Å². The Morgan fingerprint density at radius 3 is 2.39 bits per heavy atom. The largest absolute Gasteiger partial charge is 0.339 e. The highest BCUT2D eigenvalue weighted by atomic mass is 19.2. The van der Waals surface area contributed by atoms with Crippen molar-refractivity contribution in [1.29, 1.82) is 0 Å². The summed E-state index contributed by atoms with van der Waals surface area (Å²) in [6, 6.07) is 1.68. The van der Waals surface area contributed by atoms with Crippen molar-refractivity contribution in [3.63, 3.8) is 0 Å². The Labute approximate surface area is 99.8 Å². The Hall–Kier alpha value is -1.89. The second-order valence-electron chi connectivity index (χ2n) is 4.07. The molecule has 0 atom stereocenters. The Morgan fingerprint density at radius 1 is 1.17 bits per heavy atom. The normalized spacial score (nSPS) is 15.7. The van der Waals surface area contributed by atoms with Crippen LogP contribution >= 0.6 is 0 Å². The van der Waals surface area contributed by atoms with Crippen molar-refractivity contribution in [2.45, 2.75) is 5.92 Å². The molecule has 2 aromatic rings. The predicted molar refractivity (Wildman–Crippen MR) is 55.2 cm³/mol. The zero-order chi connectivity index (χ0) is 12.7. The molecule has 0 radical (unpaired) electrons. The number of benzene rings is 1. The Bertz CT molecular complexity index is 572. The summed E-state index contributed by atoms with van der Waals surface area (Å²) >= 11 is 0. The minimum Gasteiger partial charge on any atom is -0.339 e. The quantitative estimate of drug-likeness (QED) is 0.832. The van der Waals surface area contributed by atoms with Crippen LogP contribution in [0, 0.1) is 17.5 Å². The molecule has 0 spiro atoms. The predicted octanol–water partition coefficient (Wildman–Crippen LogP) is 1.84. The molecule has 0 bridgehead atoms. The van der Waals surface area contributed by atoms with Crippen molar-refractivity contribution in [2.24, 2.45) is 0 Å². The number of halogens is 3. The van der Waals surface area contributed by atoms with Crippen LogP contribution in [0.5, 0.6) is 0 Å². The molecule has 1 aliphatic heterocycles. The molecule has 1 N–H and O–H groups in total. The molecule has 1 aromatic carbocycles. The van der Waals surface area contributed by atoms with Crippen molar-refractivity contribution in [3.05, 3.63) is 35.5 Å². The molecule has 4 nitrogen and oxygen atoms in total. The van der Waals surface area contributed by atoms with Gasteiger partial charge in [-0.2, -0.15) is 4.98 Å². The Morgan fingerprint density at radius 2 is 1.83 bits per heavy atom. The fraction of sp³-hybridized carbons (Fsp3) is 0.273. The lowest BCUT2D eigenvalue weighted by molar-refractivity contribution is 0.308. The maximum absolute atomic E-state index is 13.1. The molecule has 7 heteroatoms. The van der Waals surface area contributed by atoms with Gasteiger partial charge in [-0.05, 0) is 12.1 Å². The van der Waals surface area contributed by atoms with Gasteiger partial charge in [0.1, 0.15) is 0 Å². The van der Waals surface area contributed by atoms with Crippen LogP contribution in [0.1, 0.15) is 11.8 Å². The average molecular weight is 255 g/mol. The molecule has 94 valence electrons. The summed E-state index contributed by atoms with van der Waals surface area (Å²) in [4.78, 5) is 4.04. The first-order valence-electron chi connectivity index (χ1n) is 5.34. The third kappa shape index (κ3) is 1.76. The van der Waals surface area contributed by atoms with Crippen molar-refractivity contribution in [3.8, 4) is 11.4 Å². The molecule has 1 aromatic heterocycles. The summed E-state index contributed by atoms with van der Waals surface area (Å²) in [6.45, 7) is 1.46. The maximum Gasteiger partial charge on any atom is 0.232 e. The van der Waals surface area contributed by atoms with Gasteiger partial charge in [0.15, 0.2) is 17.5 Å². The molecule has 0 amide bonds. The molecule has 2 heterocycles. The Balaban J connectivity index is 1.96. The van der Waals surface area contributed by atoms with E-state index in [9.17, 15) is 13.2 Å². The summed E-state index contributed by atoms with van der Waals surface area (Å²) < 4.78 is 43.9. The second kappa shape index (κ2) is 4.09. The van der Waals surface area contributed by atoms with Crippen LogP contribution in [0.4, 0.5) is 13.2 Å². The SMILES string of the molecule is Fc1cc(-c2noc(C3CNC3)n2)cc(F)c1F. The van der Waals surface area contributed by atoms with Crippen molar-refractivity contribution < 1.29 is 17.7 Å². The number of hydrogen-bond donors (Lipinski definition) is 1. The molecule has 1 fully saturated rings. The van der Waals surface area contributed by atoms with Crippen LogP contribution in [0.15, 0.2) is 16.7 Å². The van der Waals surface area contributed by atoms with Gasteiger partial charge in [-0.25, -0.2) is 13.2 Å². The second-order valence-corrected chi connectivity index (χ2v) is 4.07. The molecular formula is C11H8F3N3O. The van der Waals surface area contributed by atoms with Crippen molar-refractivity contribution >= 4 is 0 Å². The summed E-state index contributed by atoms with van der Waals surface area (Å²) in [5.74, 6) is -3.47. The fourth-order valence-electron chi connectivity index (χ4n) is 1.67. The summed E-state index contributed by atoms with van der Waals surface area (Å²) in [6.07, 6.45) is 0. The van der Waals surface area contributed by atoms with Gasteiger partial charge in [0.2, 0.25) is 11.7 Å². The molecule has 0 aliphatic carbocycles. The van der Waals surface area contributed by atoms with E-state index in [0.29, 0.717) is 5.89 Å². The lowest BCUT2D eigenvalue weighted by Crippen LogP contribution is -2.40. The average Bonchev–Trinajstić information content (AvgIpc) is 2.72. The van der Waals surface area contributed by atoms with E-state index in [0.717, 1.165) is 25.2 Å². The zero-order valence-electron chi connectivity index (χ0n) is 9.08. The van der Waals surface area contributed by atoms with Gasteiger partial charge in [-0.1, -0.05) is 5.16 Å². The molecule has 1 saturated heterocycles. The van der Waals surface area contributed by atoms with E-state index in [1.165, 1.54) is 0 Å². The first kappa shape index (κ1) is 11.2. The summed E-state index contributed by atoms with van der Waals surface area (Å²) in [5, 5.41) is 6.67. The standard InChI is InChI=1S/C11H8F3N3O/c12-7-1-5(2-8(13)9(7)14)10-16-11(18-17-10)6-3-15-4-6/h1-2,6,15H,3-4H2. The molecule has 0 unspecified atom stereocenters. The van der Waals surface area contributed by atoms with Crippen molar-refractivity contribution in [2.75, 3.05) is 13.1 Å². The highest BCUT2D eigenvalue weighted by Crippen LogP contribution is 2.24. The smallest absolute Gasteiger partial charge is 0.232 e. The number of hydrogen-bond acceptors (Lipinski definition) is 4. The number of nitrogens with one attached hydrogen (secondary N) is 1. The third-order valence-electron chi connectivity index (χ3n) is 2.81. The van der Waals surface area contributed by atoms with E-state index in [1.54, 1.807) is 0 Å². The lowest BCUT2D eigenvalue weighted by atomic mass is 10.0. The van der Waals surface area contributed by atoms with Crippen LogP contribution in [0.25, 0.3) is 11.4 Å². The van der Waals surface area contributed by atoms with Gasteiger partial charge in [0, 0.05) is 18.7 Å². The van der Waals surface area contributed by atoms with Crippen molar-refractivity contribution in [1.82, 2.24) is 15.5 Å². The molecule has 1 aliphatic rings. The van der Waals surface area contributed by atoms with Crippen LogP contribution < -0.4 is 5.32 Å². The van der Waals surface area contributed by atoms with Gasteiger partial charge in [-0.3, -0.25) is 0 Å². The minimum atomic E-state index is -1.51. The first-order valence-corrected chi connectivity index (χ1v) is 5.34. The van der Waals surface area contributed by atoms with Gasteiger partial charge < -0.3 is 9.84 Å². The topological polar surface area (TPSA) is 51.0 Å². The summed E-state index contributed by atoms with van der Waals surface area (Å²) in [5.41, 5.74) is 0.0497. The molecule has 0 saturated carbocycles. The van der Waals surface area contributed by atoms with E-state index >= 15 is 0 Å². The maximum atomic E-state index is 13.1. The van der Waals surface area contributed by atoms with E-state index in [-0.39, 0.29) is 17.3 Å². The monoisotopic (exact) mass is 255 g/mol. The number of aromatic nitrogens is 2.